The molecule has 0 spiro atoms. The monoisotopic (exact) mass is 401 g/mol. The number of nitrogens with zero attached hydrogens (tertiary/aromatic N) is 3. The molecule has 0 bridgehead atoms. The second-order valence-electron chi connectivity index (χ2n) is 6.65. The first-order chi connectivity index (χ1) is 14.6. The molecule has 0 atom stereocenters. The van der Waals surface area contributed by atoms with Gasteiger partial charge in [0, 0.05) is 17.4 Å². The zero-order valence-corrected chi connectivity index (χ0v) is 16.3. The summed E-state index contributed by atoms with van der Waals surface area (Å²) >= 11 is 0. The highest BCUT2D eigenvalue weighted by atomic mass is 16.6. The van der Waals surface area contributed by atoms with Crippen LogP contribution >= 0.6 is 0 Å². The van der Waals surface area contributed by atoms with Crippen LogP contribution in [0.25, 0.3) is 22.2 Å². The number of ether oxygens (including phenoxy) is 1. The Kier molecular flexibility index (Phi) is 5.26. The summed E-state index contributed by atoms with van der Waals surface area (Å²) in [5, 5.41) is 12.0. The normalized spacial score (nSPS) is 10.8. The fraction of sp³-hybridized carbons (Fsp3) is 0.130. The van der Waals surface area contributed by atoms with Gasteiger partial charge < -0.3 is 19.4 Å². The van der Waals surface area contributed by atoms with Crippen LogP contribution in [0.4, 0.5) is 5.82 Å². The van der Waals surface area contributed by atoms with E-state index in [2.05, 4.69) is 9.55 Å². The Morgan fingerprint density at radius 3 is 2.53 bits per heavy atom. The summed E-state index contributed by atoms with van der Waals surface area (Å²) in [6.07, 6.45) is 1.31. The van der Waals surface area contributed by atoms with E-state index in [1.165, 1.54) is 18.3 Å². The summed E-state index contributed by atoms with van der Waals surface area (Å²) < 4.78 is 7.64. The molecule has 7 heteroatoms. The summed E-state index contributed by atoms with van der Waals surface area (Å²) in [7, 11) is 0. The number of aryl methyl sites for hydroxylation is 1. The number of benzene rings is 2. The highest BCUT2D eigenvalue weighted by molar-refractivity contribution is 6.14. The fourth-order valence-electron chi connectivity index (χ4n) is 3.66. The van der Waals surface area contributed by atoms with Crippen LogP contribution in [0, 0.1) is 10.1 Å². The lowest BCUT2D eigenvalue weighted by Crippen LogP contribution is -2.14. The Bertz CT molecular complexity index is 1230. The summed E-state index contributed by atoms with van der Waals surface area (Å²) in [6.45, 7) is 2.39. The van der Waals surface area contributed by atoms with Crippen LogP contribution in [0.15, 0.2) is 72.9 Å². The number of rotatable bonds is 7. The molecule has 0 radical (unpaired) electrons. The molecule has 0 aliphatic rings. The highest BCUT2D eigenvalue weighted by Gasteiger charge is 2.24. The summed E-state index contributed by atoms with van der Waals surface area (Å²) in [6, 6.07) is 20.4. The van der Waals surface area contributed by atoms with Gasteiger partial charge >= 0.3 is 5.82 Å². The zero-order valence-electron chi connectivity index (χ0n) is 16.3. The van der Waals surface area contributed by atoms with Crippen molar-refractivity contribution in [2.45, 2.75) is 13.5 Å². The third kappa shape index (κ3) is 3.41. The van der Waals surface area contributed by atoms with Gasteiger partial charge in [-0.05, 0) is 40.6 Å². The number of pyridine rings is 1. The Hall–Kier alpha value is -4.00. The number of aromatic nitrogens is 2. The molecule has 0 saturated carbocycles. The third-order valence-electron chi connectivity index (χ3n) is 4.90. The van der Waals surface area contributed by atoms with Crippen LogP contribution < -0.4 is 4.74 Å². The molecule has 0 amide bonds. The largest absolute Gasteiger partial charge is 0.477 e. The molecule has 7 nitrogen and oxygen atoms in total. The van der Waals surface area contributed by atoms with Gasteiger partial charge in [-0.1, -0.05) is 48.5 Å². The molecule has 0 fully saturated rings. The minimum atomic E-state index is -0.627. The van der Waals surface area contributed by atoms with Crippen LogP contribution in [0.5, 0.6) is 5.75 Å². The van der Waals surface area contributed by atoms with Crippen molar-refractivity contribution in [2.24, 2.45) is 0 Å². The number of Topliss-reactive ketones (excluding diaryl/α,β-unsaturated/α-hetero) is 1. The van der Waals surface area contributed by atoms with E-state index in [1.54, 1.807) is 0 Å². The van der Waals surface area contributed by atoms with Gasteiger partial charge in [0.25, 0.3) is 0 Å². The number of fused-ring (bicyclic) bond motifs is 1. The van der Waals surface area contributed by atoms with Gasteiger partial charge in [0.15, 0.2) is 6.61 Å². The van der Waals surface area contributed by atoms with Crippen molar-refractivity contribution >= 4 is 22.5 Å². The van der Waals surface area contributed by atoms with E-state index in [0.717, 1.165) is 22.2 Å². The maximum Gasteiger partial charge on any atom is 0.406 e. The maximum atomic E-state index is 13.3. The molecule has 4 rings (SSSR count). The molecule has 2 aromatic heterocycles. The lowest BCUT2D eigenvalue weighted by molar-refractivity contribution is -0.390. The van der Waals surface area contributed by atoms with Gasteiger partial charge in [0.1, 0.15) is 6.20 Å². The van der Waals surface area contributed by atoms with Crippen LogP contribution in [0.1, 0.15) is 17.3 Å². The van der Waals surface area contributed by atoms with E-state index in [9.17, 15) is 14.9 Å². The molecule has 4 aromatic rings. The molecule has 0 unspecified atom stereocenters. The Balaban J connectivity index is 1.79. The van der Waals surface area contributed by atoms with Gasteiger partial charge in [-0.2, -0.15) is 0 Å². The number of para-hydroxylation sites is 1. The minimum Gasteiger partial charge on any atom is -0.477 e. The van der Waals surface area contributed by atoms with Gasteiger partial charge in [-0.25, -0.2) is 0 Å². The zero-order chi connectivity index (χ0) is 21.1. The Morgan fingerprint density at radius 2 is 1.80 bits per heavy atom. The molecule has 0 aliphatic carbocycles. The highest BCUT2D eigenvalue weighted by Crippen LogP contribution is 2.34. The molecular formula is C23H19N3O4. The molecule has 150 valence electrons. The molecular weight excluding hydrogens is 382 g/mol. The van der Waals surface area contributed by atoms with E-state index in [1.807, 2.05) is 61.5 Å². The van der Waals surface area contributed by atoms with Crippen LogP contribution in [-0.2, 0) is 6.54 Å². The van der Waals surface area contributed by atoms with Crippen molar-refractivity contribution < 1.29 is 14.5 Å². The van der Waals surface area contributed by atoms with E-state index >= 15 is 0 Å². The van der Waals surface area contributed by atoms with Crippen molar-refractivity contribution in [1.82, 2.24) is 9.55 Å². The van der Waals surface area contributed by atoms with Crippen molar-refractivity contribution in [1.29, 1.82) is 0 Å². The third-order valence-corrected chi connectivity index (χ3v) is 4.90. The molecule has 0 aliphatic heterocycles. The average Bonchev–Trinajstić information content (AvgIpc) is 3.12. The average molecular weight is 401 g/mol. The number of hydrogen-bond acceptors (Lipinski definition) is 5. The van der Waals surface area contributed by atoms with E-state index in [4.69, 9.17) is 4.74 Å². The second-order valence-corrected chi connectivity index (χ2v) is 6.65. The summed E-state index contributed by atoms with van der Waals surface area (Å²) in [5.41, 5.74) is 3.24. The first-order valence-electron chi connectivity index (χ1n) is 9.53. The van der Waals surface area contributed by atoms with Crippen molar-refractivity contribution in [3.05, 3.63) is 88.6 Å². The van der Waals surface area contributed by atoms with Crippen molar-refractivity contribution in [2.75, 3.05) is 6.61 Å². The minimum absolute atomic E-state index is 0.0312. The number of nitro groups is 1. The molecule has 2 heterocycles. The molecule has 0 N–H and O–H groups in total. The first-order valence-corrected chi connectivity index (χ1v) is 9.53. The topological polar surface area (TPSA) is 87.3 Å². The molecule has 30 heavy (non-hydrogen) atoms. The predicted octanol–water partition coefficient (Wildman–Crippen LogP) is 4.89. The molecule has 2 aromatic carbocycles. The summed E-state index contributed by atoms with van der Waals surface area (Å²) in [5.74, 6) is -0.698. The first kappa shape index (κ1) is 19.3. The number of carbonyl (C=O) groups is 1. The van der Waals surface area contributed by atoms with Gasteiger partial charge in [-0.15, -0.1) is 0 Å². The quantitative estimate of drug-likeness (QED) is 0.250. The van der Waals surface area contributed by atoms with Crippen LogP contribution in [0.2, 0.25) is 0 Å². The lowest BCUT2D eigenvalue weighted by Gasteiger charge is -2.11. The summed E-state index contributed by atoms with van der Waals surface area (Å²) in [4.78, 5) is 27.6. The molecule has 0 saturated heterocycles. The Morgan fingerprint density at radius 1 is 1.07 bits per heavy atom. The van der Waals surface area contributed by atoms with Gasteiger partial charge in [0.2, 0.25) is 11.5 Å². The lowest BCUT2D eigenvalue weighted by atomic mass is 10.0. The van der Waals surface area contributed by atoms with E-state index in [0.29, 0.717) is 12.1 Å². The number of carbonyl (C=O) groups excluding carboxylic acids is 1. The maximum absolute atomic E-state index is 13.3. The number of hydrogen-bond donors (Lipinski definition) is 0. The second kappa shape index (κ2) is 8.16. The Labute approximate surface area is 172 Å². The van der Waals surface area contributed by atoms with E-state index in [-0.39, 0.29) is 18.1 Å². The smallest absolute Gasteiger partial charge is 0.406 e. The number of ketones is 1. The predicted molar refractivity (Wildman–Crippen MR) is 114 cm³/mol. The van der Waals surface area contributed by atoms with Crippen LogP contribution in [0.3, 0.4) is 0 Å². The fourth-order valence-corrected chi connectivity index (χ4v) is 3.66. The van der Waals surface area contributed by atoms with Crippen molar-refractivity contribution in [3.63, 3.8) is 0 Å². The van der Waals surface area contributed by atoms with Gasteiger partial charge in [0.05, 0.1) is 11.3 Å². The van der Waals surface area contributed by atoms with E-state index < -0.39 is 10.7 Å². The van der Waals surface area contributed by atoms with Crippen molar-refractivity contribution in [3.8, 4) is 17.0 Å². The van der Waals surface area contributed by atoms with Crippen LogP contribution in [-0.4, -0.2) is 26.9 Å². The SMILES string of the molecule is CCn1c(-c2ccccc2)c(C(=O)COc2cccnc2[N+](=O)[O-])c2ccccc21. The standard InChI is InChI=1S/C23H19N3O4/c1-2-25-18-12-7-6-11-17(18)21(22(25)16-9-4-3-5-10-16)19(27)15-30-20-13-8-14-24-23(20)26(28)29/h3-14H,2,15H2,1H3. The van der Waals surface area contributed by atoms with Gasteiger partial charge in [-0.3, -0.25) is 4.79 Å².